The zero-order valence-electron chi connectivity index (χ0n) is 9.51. The Bertz CT molecular complexity index is 265. The smallest absolute Gasteiger partial charge is 0.124 e. The molecule has 0 aliphatic carbocycles. The summed E-state index contributed by atoms with van der Waals surface area (Å²) in [5.41, 5.74) is 1.09. The van der Waals surface area contributed by atoms with Crippen LogP contribution in [-0.2, 0) is 6.54 Å². The van der Waals surface area contributed by atoms with Gasteiger partial charge in [0, 0.05) is 19.2 Å². The summed E-state index contributed by atoms with van der Waals surface area (Å²) in [4.78, 5) is 0. The third-order valence-electron chi connectivity index (χ3n) is 2.29. The third kappa shape index (κ3) is 3.05. The van der Waals surface area contributed by atoms with Gasteiger partial charge in [0.1, 0.15) is 5.82 Å². The van der Waals surface area contributed by atoms with Gasteiger partial charge in [0.15, 0.2) is 0 Å². The van der Waals surface area contributed by atoms with Crippen LogP contribution in [0.15, 0.2) is 6.07 Å². The lowest BCUT2D eigenvalue weighted by Crippen LogP contribution is -2.07. The van der Waals surface area contributed by atoms with Gasteiger partial charge in [-0.15, -0.1) is 0 Å². The second-order valence-electron chi connectivity index (χ2n) is 3.62. The molecule has 1 rings (SSSR count). The third-order valence-corrected chi connectivity index (χ3v) is 2.29. The van der Waals surface area contributed by atoms with E-state index in [0.29, 0.717) is 0 Å². The van der Waals surface area contributed by atoms with E-state index < -0.39 is 0 Å². The summed E-state index contributed by atoms with van der Waals surface area (Å²) in [6, 6.07) is 2.11. The molecular formula is C11H21N3. The van der Waals surface area contributed by atoms with Crippen molar-refractivity contribution in [2.45, 2.75) is 46.6 Å². The summed E-state index contributed by atoms with van der Waals surface area (Å²) in [6.45, 7) is 8.36. The lowest BCUT2D eigenvalue weighted by molar-refractivity contribution is 0.653. The Kier molecular flexibility index (Phi) is 4.50. The molecule has 0 spiro atoms. The van der Waals surface area contributed by atoms with E-state index in [1.54, 1.807) is 0 Å². The number of nitrogens with zero attached hydrogens (tertiary/aromatic N) is 2. The van der Waals surface area contributed by atoms with E-state index in [-0.39, 0.29) is 0 Å². The zero-order valence-corrected chi connectivity index (χ0v) is 9.51. The SMILES string of the molecule is CCCCCNc1cc(C)nn1CC. The fourth-order valence-corrected chi connectivity index (χ4v) is 1.52. The summed E-state index contributed by atoms with van der Waals surface area (Å²) in [7, 11) is 0. The number of hydrogen-bond donors (Lipinski definition) is 1. The quantitative estimate of drug-likeness (QED) is 0.707. The molecule has 0 aliphatic heterocycles. The van der Waals surface area contributed by atoms with Gasteiger partial charge in [-0.25, -0.2) is 4.68 Å². The number of aromatic nitrogens is 2. The monoisotopic (exact) mass is 195 g/mol. The molecule has 0 aromatic carbocycles. The van der Waals surface area contributed by atoms with Crippen molar-refractivity contribution in [1.82, 2.24) is 9.78 Å². The Balaban J connectivity index is 2.41. The zero-order chi connectivity index (χ0) is 10.4. The first kappa shape index (κ1) is 11.1. The first-order chi connectivity index (χ1) is 6.77. The number of unbranched alkanes of at least 4 members (excludes halogenated alkanes) is 2. The van der Waals surface area contributed by atoms with Crippen LogP contribution in [0.5, 0.6) is 0 Å². The molecule has 14 heavy (non-hydrogen) atoms. The molecule has 3 nitrogen and oxygen atoms in total. The van der Waals surface area contributed by atoms with Gasteiger partial charge >= 0.3 is 0 Å². The number of nitrogens with one attached hydrogen (secondary N) is 1. The van der Waals surface area contributed by atoms with Gasteiger partial charge in [-0.3, -0.25) is 0 Å². The molecule has 0 bridgehead atoms. The van der Waals surface area contributed by atoms with Crippen LogP contribution in [0, 0.1) is 6.92 Å². The molecule has 0 unspecified atom stereocenters. The van der Waals surface area contributed by atoms with Crippen LogP contribution in [0.1, 0.15) is 38.8 Å². The molecule has 0 radical (unpaired) electrons. The number of aryl methyl sites for hydroxylation is 2. The first-order valence-corrected chi connectivity index (χ1v) is 5.56. The van der Waals surface area contributed by atoms with Crippen molar-refractivity contribution in [2.24, 2.45) is 0 Å². The number of hydrogen-bond acceptors (Lipinski definition) is 2. The Morgan fingerprint density at radius 2 is 2.14 bits per heavy atom. The fourth-order valence-electron chi connectivity index (χ4n) is 1.52. The molecule has 0 atom stereocenters. The summed E-state index contributed by atoms with van der Waals surface area (Å²) >= 11 is 0. The maximum Gasteiger partial charge on any atom is 0.124 e. The molecule has 0 fully saturated rings. The predicted molar refractivity (Wildman–Crippen MR) is 60.7 cm³/mol. The molecule has 80 valence electrons. The highest BCUT2D eigenvalue weighted by Crippen LogP contribution is 2.09. The minimum atomic E-state index is 0.934. The Morgan fingerprint density at radius 3 is 2.79 bits per heavy atom. The topological polar surface area (TPSA) is 29.9 Å². The van der Waals surface area contributed by atoms with E-state index in [2.05, 4.69) is 30.3 Å². The highest BCUT2D eigenvalue weighted by atomic mass is 15.3. The summed E-state index contributed by atoms with van der Waals surface area (Å²) in [5.74, 6) is 1.15. The molecule has 1 aromatic heterocycles. The van der Waals surface area contributed by atoms with Crippen LogP contribution in [0.3, 0.4) is 0 Å². The summed E-state index contributed by atoms with van der Waals surface area (Å²) in [5, 5.41) is 7.80. The van der Waals surface area contributed by atoms with E-state index in [9.17, 15) is 0 Å². The van der Waals surface area contributed by atoms with Crippen molar-refractivity contribution in [2.75, 3.05) is 11.9 Å². The van der Waals surface area contributed by atoms with Gasteiger partial charge < -0.3 is 5.32 Å². The highest BCUT2D eigenvalue weighted by molar-refractivity contribution is 5.36. The largest absolute Gasteiger partial charge is 0.370 e. The highest BCUT2D eigenvalue weighted by Gasteiger charge is 2.01. The van der Waals surface area contributed by atoms with Gasteiger partial charge in [-0.1, -0.05) is 19.8 Å². The van der Waals surface area contributed by atoms with Crippen molar-refractivity contribution in [1.29, 1.82) is 0 Å². The van der Waals surface area contributed by atoms with Gasteiger partial charge in [0.25, 0.3) is 0 Å². The van der Waals surface area contributed by atoms with Crippen LogP contribution in [0.4, 0.5) is 5.82 Å². The van der Waals surface area contributed by atoms with Crippen LogP contribution in [-0.4, -0.2) is 16.3 Å². The molecule has 0 aliphatic rings. The van der Waals surface area contributed by atoms with Gasteiger partial charge in [-0.2, -0.15) is 5.10 Å². The molecule has 0 saturated carbocycles. The molecular weight excluding hydrogens is 174 g/mol. The maximum absolute atomic E-state index is 4.38. The lowest BCUT2D eigenvalue weighted by Gasteiger charge is -2.06. The summed E-state index contributed by atoms with van der Waals surface area (Å²) in [6.07, 6.45) is 3.81. The van der Waals surface area contributed by atoms with Gasteiger partial charge in [-0.05, 0) is 20.3 Å². The average molecular weight is 195 g/mol. The van der Waals surface area contributed by atoms with E-state index in [0.717, 1.165) is 24.6 Å². The van der Waals surface area contributed by atoms with Crippen LogP contribution in [0.2, 0.25) is 0 Å². The van der Waals surface area contributed by atoms with Crippen molar-refractivity contribution in [3.63, 3.8) is 0 Å². The fraction of sp³-hybridized carbons (Fsp3) is 0.727. The van der Waals surface area contributed by atoms with Gasteiger partial charge in [0.2, 0.25) is 0 Å². The molecule has 1 heterocycles. The molecule has 0 amide bonds. The van der Waals surface area contributed by atoms with E-state index in [4.69, 9.17) is 0 Å². The predicted octanol–water partition coefficient (Wildman–Crippen LogP) is 2.81. The minimum Gasteiger partial charge on any atom is -0.370 e. The Hall–Kier alpha value is -0.990. The maximum atomic E-state index is 4.38. The normalized spacial score (nSPS) is 10.5. The first-order valence-electron chi connectivity index (χ1n) is 5.56. The van der Waals surface area contributed by atoms with Crippen molar-refractivity contribution in [3.05, 3.63) is 11.8 Å². The van der Waals surface area contributed by atoms with Gasteiger partial charge in [0.05, 0.1) is 5.69 Å². The average Bonchev–Trinajstić information content (AvgIpc) is 2.54. The van der Waals surface area contributed by atoms with Crippen molar-refractivity contribution >= 4 is 5.82 Å². The van der Waals surface area contributed by atoms with E-state index >= 15 is 0 Å². The van der Waals surface area contributed by atoms with Crippen LogP contribution in [0.25, 0.3) is 0 Å². The second kappa shape index (κ2) is 5.68. The van der Waals surface area contributed by atoms with Crippen LogP contribution >= 0.6 is 0 Å². The molecule has 1 aromatic rings. The summed E-state index contributed by atoms with van der Waals surface area (Å²) < 4.78 is 2.02. The van der Waals surface area contributed by atoms with Crippen molar-refractivity contribution in [3.8, 4) is 0 Å². The molecule has 3 heteroatoms. The van der Waals surface area contributed by atoms with Crippen molar-refractivity contribution < 1.29 is 0 Å². The minimum absolute atomic E-state index is 0.934. The standard InChI is InChI=1S/C11H21N3/c1-4-6-7-8-12-11-9-10(3)13-14(11)5-2/h9,12H,4-8H2,1-3H3. The lowest BCUT2D eigenvalue weighted by atomic mass is 10.2. The second-order valence-corrected chi connectivity index (χ2v) is 3.62. The number of anilines is 1. The number of rotatable bonds is 6. The molecule has 0 saturated heterocycles. The Labute approximate surface area is 86.5 Å². The Morgan fingerprint density at radius 1 is 1.36 bits per heavy atom. The van der Waals surface area contributed by atoms with Crippen LogP contribution < -0.4 is 5.32 Å². The van der Waals surface area contributed by atoms with E-state index in [1.165, 1.54) is 19.3 Å². The molecule has 1 N–H and O–H groups in total. The van der Waals surface area contributed by atoms with E-state index in [1.807, 2.05) is 11.6 Å².